The highest BCUT2D eigenvalue weighted by Crippen LogP contribution is 2.26. The second-order valence-electron chi connectivity index (χ2n) is 6.49. The number of thioether (sulfide) groups is 1. The summed E-state index contributed by atoms with van der Waals surface area (Å²) in [6.07, 6.45) is 1.94. The number of para-hydroxylation sites is 1. The lowest BCUT2D eigenvalue weighted by Gasteiger charge is -2.20. The number of hydrogen-bond acceptors (Lipinski definition) is 4. The van der Waals surface area contributed by atoms with Crippen LogP contribution in [0, 0.1) is 6.92 Å². The van der Waals surface area contributed by atoms with Crippen LogP contribution in [-0.4, -0.2) is 27.6 Å². The van der Waals surface area contributed by atoms with Gasteiger partial charge in [0.05, 0.1) is 16.3 Å². The Balaban J connectivity index is 1.86. The Bertz CT molecular complexity index is 1130. The number of nitrogens with zero attached hydrogens (tertiary/aromatic N) is 1. The third-order valence-electron chi connectivity index (χ3n) is 4.51. The Kier molecular flexibility index (Phi) is 6.30. The molecule has 0 fully saturated rings. The Morgan fingerprint density at radius 2 is 1.66 bits per heavy atom. The van der Waals surface area contributed by atoms with Gasteiger partial charge in [-0.15, -0.1) is 11.8 Å². The van der Waals surface area contributed by atoms with Crippen molar-refractivity contribution >= 4 is 39.1 Å². The van der Waals surface area contributed by atoms with Crippen molar-refractivity contribution in [3.63, 3.8) is 0 Å². The maximum atomic E-state index is 12.9. The molecule has 0 saturated carbocycles. The molecule has 1 amide bonds. The lowest BCUT2D eigenvalue weighted by molar-refractivity contribution is 0.102. The molecule has 0 aliphatic heterocycles. The van der Waals surface area contributed by atoms with Crippen molar-refractivity contribution in [2.24, 2.45) is 0 Å². The Morgan fingerprint density at radius 3 is 2.34 bits per heavy atom. The number of benzene rings is 3. The summed E-state index contributed by atoms with van der Waals surface area (Å²) < 4.78 is 27.0. The quantitative estimate of drug-likeness (QED) is 0.575. The molecule has 0 aliphatic carbocycles. The molecule has 0 saturated heterocycles. The molecule has 0 aliphatic rings. The van der Waals surface area contributed by atoms with E-state index >= 15 is 0 Å². The standard InChI is InChI=1S/C22H22N2O3S2/c1-16-11-13-19(14-12-16)29(26,27)24(2)18-8-6-7-17(15-18)22(25)23-20-9-4-5-10-21(20)28-3/h4-15H,1-3H3,(H,23,25). The van der Waals surface area contributed by atoms with Crippen molar-refractivity contribution in [1.82, 2.24) is 0 Å². The van der Waals surface area contributed by atoms with E-state index in [4.69, 9.17) is 0 Å². The maximum absolute atomic E-state index is 12.9. The van der Waals surface area contributed by atoms with Crippen molar-refractivity contribution in [2.75, 3.05) is 22.9 Å². The molecule has 0 heterocycles. The Labute approximate surface area is 175 Å². The van der Waals surface area contributed by atoms with Gasteiger partial charge >= 0.3 is 0 Å². The van der Waals surface area contributed by atoms with Crippen molar-refractivity contribution in [2.45, 2.75) is 16.7 Å². The van der Waals surface area contributed by atoms with Gasteiger partial charge in [0, 0.05) is 17.5 Å². The third-order valence-corrected chi connectivity index (χ3v) is 7.10. The van der Waals surface area contributed by atoms with Crippen LogP contribution in [0.25, 0.3) is 0 Å². The van der Waals surface area contributed by atoms with E-state index in [9.17, 15) is 13.2 Å². The second kappa shape index (κ2) is 8.71. The summed E-state index contributed by atoms with van der Waals surface area (Å²) in [5.41, 5.74) is 2.49. The van der Waals surface area contributed by atoms with E-state index in [1.165, 1.54) is 11.4 Å². The minimum Gasteiger partial charge on any atom is -0.321 e. The molecule has 3 aromatic carbocycles. The summed E-state index contributed by atoms with van der Waals surface area (Å²) in [5, 5.41) is 2.89. The van der Waals surface area contributed by atoms with Crippen LogP contribution in [0.15, 0.2) is 82.6 Å². The van der Waals surface area contributed by atoms with Gasteiger partial charge in [0.2, 0.25) is 0 Å². The van der Waals surface area contributed by atoms with Crippen LogP contribution in [0.2, 0.25) is 0 Å². The summed E-state index contributed by atoms with van der Waals surface area (Å²) in [5.74, 6) is -0.297. The molecule has 3 aromatic rings. The van der Waals surface area contributed by atoms with Gasteiger partial charge in [-0.3, -0.25) is 9.10 Å². The summed E-state index contributed by atoms with van der Waals surface area (Å²) >= 11 is 1.54. The molecule has 0 bridgehead atoms. The van der Waals surface area contributed by atoms with E-state index in [1.807, 2.05) is 37.4 Å². The van der Waals surface area contributed by atoms with Crippen molar-refractivity contribution in [3.05, 3.63) is 83.9 Å². The summed E-state index contributed by atoms with van der Waals surface area (Å²) in [7, 11) is -2.24. The van der Waals surface area contributed by atoms with Gasteiger partial charge in [-0.2, -0.15) is 0 Å². The lowest BCUT2D eigenvalue weighted by Crippen LogP contribution is -2.27. The molecule has 29 heavy (non-hydrogen) atoms. The average Bonchev–Trinajstić information content (AvgIpc) is 2.74. The van der Waals surface area contributed by atoms with Crippen molar-refractivity contribution in [3.8, 4) is 0 Å². The monoisotopic (exact) mass is 426 g/mol. The average molecular weight is 427 g/mol. The van der Waals surface area contributed by atoms with Crippen LogP contribution >= 0.6 is 11.8 Å². The number of aryl methyl sites for hydroxylation is 1. The smallest absolute Gasteiger partial charge is 0.264 e. The highest BCUT2D eigenvalue weighted by Gasteiger charge is 2.22. The number of anilines is 2. The highest BCUT2D eigenvalue weighted by molar-refractivity contribution is 7.98. The molecule has 0 spiro atoms. The molecule has 1 N–H and O–H groups in total. The molecule has 0 atom stereocenters. The first-order chi connectivity index (χ1) is 13.8. The fourth-order valence-electron chi connectivity index (χ4n) is 2.79. The zero-order chi connectivity index (χ0) is 21.0. The minimum absolute atomic E-state index is 0.203. The molecular weight excluding hydrogens is 404 g/mol. The van der Waals surface area contributed by atoms with E-state index in [1.54, 1.807) is 60.3 Å². The molecule has 3 rings (SSSR count). The van der Waals surface area contributed by atoms with Gasteiger partial charge in [-0.05, 0) is 55.6 Å². The van der Waals surface area contributed by atoms with Gasteiger partial charge in [0.1, 0.15) is 0 Å². The van der Waals surface area contributed by atoms with E-state index in [0.717, 1.165) is 16.1 Å². The first kappa shape index (κ1) is 21.0. The van der Waals surface area contributed by atoms with Crippen LogP contribution < -0.4 is 9.62 Å². The number of nitrogens with one attached hydrogen (secondary N) is 1. The Morgan fingerprint density at radius 1 is 0.966 bits per heavy atom. The number of amides is 1. The van der Waals surface area contributed by atoms with Gasteiger partial charge in [0.15, 0.2) is 0 Å². The van der Waals surface area contributed by atoms with Crippen molar-refractivity contribution < 1.29 is 13.2 Å². The zero-order valence-corrected chi connectivity index (χ0v) is 18.0. The zero-order valence-electron chi connectivity index (χ0n) is 16.4. The Hall–Kier alpha value is -2.77. The first-order valence-corrected chi connectivity index (χ1v) is 11.6. The molecule has 150 valence electrons. The van der Waals surface area contributed by atoms with E-state index in [2.05, 4.69) is 5.32 Å². The number of rotatable bonds is 6. The first-order valence-electron chi connectivity index (χ1n) is 8.93. The summed E-state index contributed by atoms with van der Waals surface area (Å²) in [4.78, 5) is 13.9. The minimum atomic E-state index is -3.72. The fourth-order valence-corrected chi connectivity index (χ4v) is 4.53. The van der Waals surface area contributed by atoms with Crippen LogP contribution in [0.4, 0.5) is 11.4 Å². The van der Waals surface area contributed by atoms with E-state index in [0.29, 0.717) is 11.3 Å². The maximum Gasteiger partial charge on any atom is 0.264 e. The van der Waals surface area contributed by atoms with Gasteiger partial charge in [0.25, 0.3) is 15.9 Å². The SMILES string of the molecule is CSc1ccccc1NC(=O)c1cccc(N(C)S(=O)(=O)c2ccc(C)cc2)c1. The number of carbonyl (C=O) groups is 1. The summed E-state index contributed by atoms with van der Waals surface area (Å²) in [6.45, 7) is 1.90. The number of sulfonamides is 1. The molecule has 0 radical (unpaired) electrons. The predicted octanol–water partition coefficient (Wildman–Crippen LogP) is 4.79. The normalized spacial score (nSPS) is 11.1. The largest absolute Gasteiger partial charge is 0.321 e. The fraction of sp³-hybridized carbons (Fsp3) is 0.136. The third kappa shape index (κ3) is 4.63. The molecule has 0 unspecified atom stereocenters. The van der Waals surface area contributed by atoms with Gasteiger partial charge in [-0.25, -0.2) is 8.42 Å². The lowest BCUT2D eigenvalue weighted by atomic mass is 10.2. The number of hydrogen-bond donors (Lipinski definition) is 1. The van der Waals surface area contributed by atoms with Crippen LogP contribution in [0.5, 0.6) is 0 Å². The van der Waals surface area contributed by atoms with E-state index < -0.39 is 10.0 Å². The van der Waals surface area contributed by atoms with Gasteiger partial charge in [-0.1, -0.05) is 35.9 Å². The molecule has 7 heteroatoms. The number of carbonyl (C=O) groups excluding carboxylic acids is 1. The molecule has 0 aromatic heterocycles. The summed E-state index contributed by atoms with van der Waals surface area (Å²) in [6, 6.07) is 20.8. The van der Waals surface area contributed by atoms with Gasteiger partial charge < -0.3 is 5.32 Å². The van der Waals surface area contributed by atoms with Crippen LogP contribution in [-0.2, 0) is 10.0 Å². The van der Waals surface area contributed by atoms with E-state index in [-0.39, 0.29) is 10.8 Å². The van der Waals surface area contributed by atoms with Crippen molar-refractivity contribution in [1.29, 1.82) is 0 Å². The van der Waals surface area contributed by atoms with Crippen LogP contribution in [0.1, 0.15) is 15.9 Å². The second-order valence-corrected chi connectivity index (χ2v) is 9.31. The molecular formula is C22H22N2O3S2. The van der Waals surface area contributed by atoms with Crippen LogP contribution in [0.3, 0.4) is 0 Å². The molecule has 5 nitrogen and oxygen atoms in total. The topological polar surface area (TPSA) is 66.5 Å². The highest BCUT2D eigenvalue weighted by atomic mass is 32.2. The predicted molar refractivity (Wildman–Crippen MR) is 119 cm³/mol.